The van der Waals surface area contributed by atoms with Crippen LogP contribution in [-0.2, 0) is 27.3 Å². The Morgan fingerprint density at radius 1 is 1.00 bits per heavy atom. The fourth-order valence-corrected chi connectivity index (χ4v) is 2.22. The summed E-state index contributed by atoms with van der Waals surface area (Å²) in [5.74, 6) is -1.26. The van der Waals surface area contributed by atoms with Crippen LogP contribution in [0.1, 0.15) is 18.1 Å². The van der Waals surface area contributed by atoms with Crippen LogP contribution in [0.4, 0.5) is 4.79 Å². The Kier molecular flexibility index (Phi) is 7.17. The molecule has 0 heterocycles. The first-order chi connectivity index (χ1) is 12.4. The van der Waals surface area contributed by atoms with Crippen LogP contribution in [0.5, 0.6) is 0 Å². The van der Waals surface area contributed by atoms with Crippen molar-refractivity contribution in [3.8, 4) is 0 Å². The van der Waals surface area contributed by atoms with E-state index in [9.17, 15) is 14.4 Å². The van der Waals surface area contributed by atoms with Crippen LogP contribution in [0.15, 0.2) is 54.6 Å². The van der Waals surface area contributed by atoms with Crippen molar-refractivity contribution in [3.05, 3.63) is 70.7 Å². The third kappa shape index (κ3) is 6.57. The quantitative estimate of drug-likeness (QED) is 0.761. The number of carbonyl (C=O) groups is 3. The Morgan fingerprint density at radius 2 is 1.65 bits per heavy atom. The van der Waals surface area contributed by atoms with E-state index in [2.05, 4.69) is 10.6 Å². The first-order valence-electron chi connectivity index (χ1n) is 8.00. The Morgan fingerprint density at radius 3 is 2.31 bits per heavy atom. The molecule has 0 saturated heterocycles. The molecule has 0 spiro atoms. The minimum Gasteiger partial charge on any atom is -0.452 e. The SMILES string of the molecule is CC(OC(=O)Cc1ccc(Cl)cc1)C(=O)NC(=O)NCc1ccccc1. The van der Waals surface area contributed by atoms with Gasteiger partial charge < -0.3 is 10.1 Å². The molecule has 1 unspecified atom stereocenters. The molecule has 6 nitrogen and oxygen atoms in total. The first kappa shape index (κ1) is 19.5. The maximum atomic E-state index is 11.9. The Labute approximate surface area is 156 Å². The summed E-state index contributed by atoms with van der Waals surface area (Å²) in [6.07, 6.45) is -1.08. The minimum absolute atomic E-state index is 0.00892. The molecule has 3 amide bonds. The van der Waals surface area contributed by atoms with Gasteiger partial charge in [-0.15, -0.1) is 0 Å². The average molecular weight is 375 g/mol. The molecule has 0 saturated carbocycles. The largest absolute Gasteiger partial charge is 0.452 e. The molecule has 136 valence electrons. The maximum absolute atomic E-state index is 11.9. The normalized spacial score (nSPS) is 11.3. The van der Waals surface area contributed by atoms with Crippen LogP contribution >= 0.6 is 11.6 Å². The molecule has 2 aromatic carbocycles. The van der Waals surface area contributed by atoms with Crippen LogP contribution in [0.25, 0.3) is 0 Å². The Balaban J connectivity index is 1.74. The fourth-order valence-electron chi connectivity index (χ4n) is 2.10. The summed E-state index contributed by atoms with van der Waals surface area (Å²) in [6, 6.07) is 15.3. The fraction of sp³-hybridized carbons (Fsp3) is 0.211. The van der Waals surface area contributed by atoms with Crippen LogP contribution in [0.3, 0.4) is 0 Å². The number of nitrogens with one attached hydrogen (secondary N) is 2. The molecule has 0 aliphatic heterocycles. The predicted molar refractivity (Wildman–Crippen MR) is 97.5 cm³/mol. The molecule has 0 aromatic heterocycles. The van der Waals surface area contributed by atoms with Crippen molar-refractivity contribution in [1.82, 2.24) is 10.6 Å². The third-order valence-electron chi connectivity index (χ3n) is 3.47. The van der Waals surface area contributed by atoms with Crippen molar-refractivity contribution in [2.24, 2.45) is 0 Å². The number of imide groups is 1. The van der Waals surface area contributed by atoms with Gasteiger partial charge in [-0.1, -0.05) is 54.1 Å². The average Bonchev–Trinajstić information content (AvgIpc) is 2.62. The van der Waals surface area contributed by atoms with Crippen LogP contribution in [-0.4, -0.2) is 24.0 Å². The van der Waals surface area contributed by atoms with Gasteiger partial charge in [0.1, 0.15) is 0 Å². The van der Waals surface area contributed by atoms with Gasteiger partial charge in [-0.2, -0.15) is 0 Å². The van der Waals surface area contributed by atoms with Crippen molar-refractivity contribution < 1.29 is 19.1 Å². The van der Waals surface area contributed by atoms with Gasteiger partial charge in [0, 0.05) is 11.6 Å². The van der Waals surface area contributed by atoms with Gasteiger partial charge in [-0.25, -0.2) is 4.79 Å². The first-order valence-corrected chi connectivity index (χ1v) is 8.38. The molecular formula is C19H19ClN2O4. The third-order valence-corrected chi connectivity index (χ3v) is 3.72. The topological polar surface area (TPSA) is 84.5 Å². The molecule has 2 rings (SSSR count). The zero-order valence-corrected chi connectivity index (χ0v) is 15.0. The van der Waals surface area contributed by atoms with Crippen LogP contribution in [0.2, 0.25) is 5.02 Å². The summed E-state index contributed by atoms with van der Waals surface area (Å²) in [4.78, 5) is 35.5. The van der Waals surface area contributed by atoms with Gasteiger partial charge in [-0.05, 0) is 30.2 Å². The second kappa shape index (κ2) is 9.58. The molecule has 0 bridgehead atoms. The predicted octanol–water partition coefficient (Wildman–Crippen LogP) is 2.84. The zero-order chi connectivity index (χ0) is 18.9. The highest BCUT2D eigenvalue weighted by molar-refractivity contribution is 6.30. The van der Waals surface area contributed by atoms with E-state index in [0.29, 0.717) is 10.6 Å². The lowest BCUT2D eigenvalue weighted by Crippen LogP contribution is -2.44. The van der Waals surface area contributed by atoms with Crippen LogP contribution < -0.4 is 10.6 Å². The molecule has 2 aromatic rings. The lowest BCUT2D eigenvalue weighted by molar-refractivity contribution is -0.153. The lowest BCUT2D eigenvalue weighted by Gasteiger charge is -2.13. The van der Waals surface area contributed by atoms with Gasteiger partial charge in [0.2, 0.25) is 0 Å². The summed E-state index contributed by atoms with van der Waals surface area (Å²) >= 11 is 5.78. The molecule has 2 N–H and O–H groups in total. The maximum Gasteiger partial charge on any atom is 0.321 e. The molecule has 0 aliphatic rings. The smallest absolute Gasteiger partial charge is 0.321 e. The summed E-state index contributed by atoms with van der Waals surface area (Å²) in [5.41, 5.74) is 1.62. The van der Waals surface area contributed by atoms with Crippen molar-refractivity contribution in [1.29, 1.82) is 0 Å². The summed E-state index contributed by atoms with van der Waals surface area (Å²) < 4.78 is 5.05. The highest BCUT2D eigenvalue weighted by Crippen LogP contribution is 2.10. The van der Waals surface area contributed by atoms with E-state index in [1.807, 2.05) is 30.3 Å². The van der Waals surface area contributed by atoms with E-state index in [1.54, 1.807) is 24.3 Å². The Hall–Kier alpha value is -2.86. The highest BCUT2D eigenvalue weighted by Gasteiger charge is 2.20. The van der Waals surface area contributed by atoms with Crippen LogP contribution in [0, 0.1) is 0 Å². The van der Waals surface area contributed by atoms with E-state index in [1.165, 1.54) is 6.92 Å². The van der Waals surface area contributed by atoms with Crippen molar-refractivity contribution in [2.45, 2.75) is 26.0 Å². The number of halogens is 1. The number of hydrogen-bond donors (Lipinski definition) is 2. The van der Waals surface area contributed by atoms with E-state index < -0.39 is 24.0 Å². The molecule has 0 radical (unpaired) electrons. The number of esters is 1. The molecule has 1 atom stereocenters. The van der Waals surface area contributed by atoms with Crippen molar-refractivity contribution in [2.75, 3.05) is 0 Å². The molecule has 0 aliphatic carbocycles. The number of benzene rings is 2. The van der Waals surface area contributed by atoms with E-state index in [4.69, 9.17) is 16.3 Å². The monoisotopic (exact) mass is 374 g/mol. The molecule has 0 fully saturated rings. The number of rotatable bonds is 6. The Bertz CT molecular complexity index is 763. The van der Waals surface area contributed by atoms with Gasteiger partial charge in [0.15, 0.2) is 6.10 Å². The summed E-state index contributed by atoms with van der Waals surface area (Å²) in [7, 11) is 0. The van der Waals surface area contributed by atoms with E-state index >= 15 is 0 Å². The summed E-state index contributed by atoms with van der Waals surface area (Å²) in [5, 5.41) is 5.27. The number of hydrogen-bond acceptors (Lipinski definition) is 4. The standard InChI is InChI=1S/C19H19ClN2O4/c1-13(26-17(23)11-14-7-9-16(20)10-8-14)18(24)22-19(25)21-12-15-5-3-2-4-6-15/h2-10,13H,11-12H2,1H3,(H2,21,22,24,25). The molecule has 26 heavy (non-hydrogen) atoms. The zero-order valence-electron chi connectivity index (χ0n) is 14.2. The number of carbonyl (C=O) groups excluding carboxylic acids is 3. The number of urea groups is 1. The van der Waals surface area contributed by atoms with E-state index in [0.717, 1.165) is 5.56 Å². The van der Waals surface area contributed by atoms with Crippen molar-refractivity contribution in [3.63, 3.8) is 0 Å². The van der Waals surface area contributed by atoms with Gasteiger partial charge in [0.25, 0.3) is 5.91 Å². The second-order valence-corrected chi connectivity index (χ2v) is 6.03. The lowest BCUT2D eigenvalue weighted by atomic mass is 10.1. The van der Waals surface area contributed by atoms with Gasteiger partial charge in [-0.3, -0.25) is 14.9 Å². The molecule has 7 heteroatoms. The second-order valence-electron chi connectivity index (χ2n) is 5.59. The number of amides is 3. The summed E-state index contributed by atoms with van der Waals surface area (Å²) in [6.45, 7) is 1.68. The van der Waals surface area contributed by atoms with Crippen molar-refractivity contribution >= 4 is 29.5 Å². The highest BCUT2D eigenvalue weighted by atomic mass is 35.5. The minimum atomic E-state index is -1.09. The van der Waals surface area contributed by atoms with Gasteiger partial charge in [0.05, 0.1) is 6.42 Å². The number of ether oxygens (including phenoxy) is 1. The molecular weight excluding hydrogens is 356 g/mol. The van der Waals surface area contributed by atoms with E-state index in [-0.39, 0.29) is 13.0 Å². The van der Waals surface area contributed by atoms with Gasteiger partial charge >= 0.3 is 12.0 Å².